The van der Waals surface area contributed by atoms with Crippen molar-refractivity contribution in [1.82, 2.24) is 5.32 Å². The molecule has 0 unspecified atom stereocenters. The van der Waals surface area contributed by atoms with E-state index in [1.165, 1.54) is 36.4 Å². The quantitative estimate of drug-likeness (QED) is 0.506. The van der Waals surface area contributed by atoms with Crippen molar-refractivity contribution in [2.45, 2.75) is 12.8 Å². The number of aryl methyl sites for hydroxylation is 1. The van der Waals surface area contributed by atoms with E-state index in [0.717, 1.165) is 12.0 Å². The first-order valence-corrected chi connectivity index (χ1v) is 6.83. The van der Waals surface area contributed by atoms with Gasteiger partial charge in [0.05, 0.1) is 4.92 Å². The summed E-state index contributed by atoms with van der Waals surface area (Å²) in [6, 6.07) is 11.8. The van der Waals surface area contributed by atoms with E-state index in [2.05, 4.69) is 5.32 Å². The summed E-state index contributed by atoms with van der Waals surface area (Å²) in [4.78, 5) is 22.0. The van der Waals surface area contributed by atoms with Crippen LogP contribution in [0.15, 0.2) is 48.5 Å². The number of carbonyl (C=O) groups excluding carboxylic acids is 1. The van der Waals surface area contributed by atoms with Gasteiger partial charge in [0.25, 0.3) is 11.6 Å². The molecular formula is C16H15FN2O3. The summed E-state index contributed by atoms with van der Waals surface area (Å²) in [5.74, 6) is -0.620. The summed E-state index contributed by atoms with van der Waals surface area (Å²) < 4.78 is 12.8. The van der Waals surface area contributed by atoms with E-state index >= 15 is 0 Å². The van der Waals surface area contributed by atoms with Gasteiger partial charge in [0.2, 0.25) is 0 Å². The lowest BCUT2D eigenvalue weighted by molar-refractivity contribution is -0.384. The number of halogens is 1. The van der Waals surface area contributed by atoms with E-state index in [1.54, 1.807) is 12.1 Å². The monoisotopic (exact) mass is 302 g/mol. The van der Waals surface area contributed by atoms with Crippen LogP contribution in [0.1, 0.15) is 22.3 Å². The number of hydrogen-bond donors (Lipinski definition) is 1. The number of non-ortho nitro benzene ring substituents is 1. The van der Waals surface area contributed by atoms with Crippen molar-refractivity contribution in [2.24, 2.45) is 0 Å². The highest BCUT2D eigenvalue weighted by molar-refractivity contribution is 5.94. The second-order valence-electron chi connectivity index (χ2n) is 4.79. The van der Waals surface area contributed by atoms with Crippen molar-refractivity contribution >= 4 is 11.6 Å². The average molecular weight is 302 g/mol. The van der Waals surface area contributed by atoms with Crippen LogP contribution in [0.2, 0.25) is 0 Å². The Kier molecular flexibility index (Phi) is 5.19. The molecule has 0 aliphatic rings. The maximum Gasteiger partial charge on any atom is 0.270 e. The van der Waals surface area contributed by atoms with Gasteiger partial charge in [0.15, 0.2) is 0 Å². The average Bonchev–Trinajstić information content (AvgIpc) is 2.53. The highest BCUT2D eigenvalue weighted by Crippen LogP contribution is 2.13. The van der Waals surface area contributed by atoms with E-state index in [4.69, 9.17) is 0 Å². The number of nitro groups is 1. The number of amides is 1. The van der Waals surface area contributed by atoms with Gasteiger partial charge in [0.1, 0.15) is 5.82 Å². The molecule has 2 aromatic carbocycles. The molecule has 0 spiro atoms. The molecule has 0 aliphatic heterocycles. The summed E-state index contributed by atoms with van der Waals surface area (Å²) in [5.41, 5.74) is 1.14. The van der Waals surface area contributed by atoms with Crippen LogP contribution in [0, 0.1) is 15.9 Å². The van der Waals surface area contributed by atoms with Gasteiger partial charge in [-0.25, -0.2) is 4.39 Å². The van der Waals surface area contributed by atoms with Crippen molar-refractivity contribution in [3.8, 4) is 0 Å². The molecule has 22 heavy (non-hydrogen) atoms. The van der Waals surface area contributed by atoms with E-state index in [-0.39, 0.29) is 23.0 Å². The predicted molar refractivity (Wildman–Crippen MR) is 80.2 cm³/mol. The number of nitro benzene ring substituents is 1. The molecule has 0 heterocycles. The summed E-state index contributed by atoms with van der Waals surface area (Å²) in [7, 11) is 0. The molecule has 0 aromatic heterocycles. The Hall–Kier alpha value is -2.76. The van der Waals surface area contributed by atoms with Crippen LogP contribution in [-0.2, 0) is 6.42 Å². The lowest BCUT2D eigenvalue weighted by Crippen LogP contribution is -2.24. The fraction of sp³-hybridized carbons (Fsp3) is 0.188. The number of nitrogens with one attached hydrogen (secondary N) is 1. The minimum absolute atomic E-state index is 0.112. The second-order valence-corrected chi connectivity index (χ2v) is 4.79. The highest BCUT2D eigenvalue weighted by Gasteiger charge is 2.10. The zero-order valence-electron chi connectivity index (χ0n) is 11.8. The highest BCUT2D eigenvalue weighted by atomic mass is 19.1. The van der Waals surface area contributed by atoms with Crippen LogP contribution >= 0.6 is 0 Å². The third-order valence-electron chi connectivity index (χ3n) is 3.16. The molecule has 0 radical (unpaired) electrons. The summed E-state index contributed by atoms with van der Waals surface area (Å²) >= 11 is 0. The van der Waals surface area contributed by atoms with E-state index in [0.29, 0.717) is 13.0 Å². The number of rotatable bonds is 6. The Morgan fingerprint density at radius 1 is 1.18 bits per heavy atom. The largest absolute Gasteiger partial charge is 0.352 e. The minimum atomic E-state index is -0.536. The standard InChI is InChI=1S/C16H15FN2O3/c17-14-8-6-12(7-9-14)3-2-10-18-16(20)13-4-1-5-15(11-13)19(21)22/h1,4-9,11H,2-3,10H2,(H,18,20). The van der Waals surface area contributed by atoms with E-state index < -0.39 is 4.92 Å². The molecule has 1 N–H and O–H groups in total. The van der Waals surface area contributed by atoms with Crippen molar-refractivity contribution in [3.63, 3.8) is 0 Å². The molecular weight excluding hydrogens is 287 g/mol. The first kappa shape index (κ1) is 15.6. The topological polar surface area (TPSA) is 72.2 Å². The van der Waals surface area contributed by atoms with Crippen LogP contribution in [0.5, 0.6) is 0 Å². The van der Waals surface area contributed by atoms with Crippen LogP contribution < -0.4 is 5.32 Å². The molecule has 114 valence electrons. The van der Waals surface area contributed by atoms with Crippen LogP contribution in [-0.4, -0.2) is 17.4 Å². The predicted octanol–water partition coefficient (Wildman–Crippen LogP) is 3.10. The van der Waals surface area contributed by atoms with Crippen LogP contribution in [0.25, 0.3) is 0 Å². The zero-order chi connectivity index (χ0) is 15.9. The molecule has 2 aromatic rings. The van der Waals surface area contributed by atoms with Gasteiger partial charge in [-0.2, -0.15) is 0 Å². The molecule has 0 aliphatic carbocycles. The molecule has 0 bridgehead atoms. The molecule has 0 fully saturated rings. The molecule has 1 amide bonds. The van der Waals surface area contributed by atoms with Crippen LogP contribution in [0.4, 0.5) is 10.1 Å². The van der Waals surface area contributed by atoms with Gasteiger partial charge in [-0.15, -0.1) is 0 Å². The Balaban J connectivity index is 1.81. The lowest BCUT2D eigenvalue weighted by atomic mass is 10.1. The second kappa shape index (κ2) is 7.31. The van der Waals surface area contributed by atoms with Gasteiger partial charge in [0, 0.05) is 24.2 Å². The van der Waals surface area contributed by atoms with Gasteiger partial charge in [-0.05, 0) is 36.6 Å². The minimum Gasteiger partial charge on any atom is -0.352 e. The molecule has 0 saturated heterocycles. The Bertz CT molecular complexity index is 671. The third kappa shape index (κ3) is 4.37. The Labute approximate surface area is 126 Å². The maximum absolute atomic E-state index is 12.8. The number of benzene rings is 2. The number of hydrogen-bond acceptors (Lipinski definition) is 3. The van der Waals surface area contributed by atoms with Gasteiger partial charge >= 0.3 is 0 Å². The van der Waals surface area contributed by atoms with Crippen molar-refractivity contribution in [3.05, 3.63) is 75.6 Å². The Morgan fingerprint density at radius 3 is 2.59 bits per heavy atom. The maximum atomic E-state index is 12.8. The van der Waals surface area contributed by atoms with Crippen molar-refractivity contribution in [2.75, 3.05) is 6.54 Å². The number of nitrogens with zero attached hydrogens (tertiary/aromatic N) is 1. The smallest absolute Gasteiger partial charge is 0.270 e. The summed E-state index contributed by atoms with van der Waals surface area (Å²) in [6.07, 6.45) is 1.42. The first-order valence-electron chi connectivity index (χ1n) is 6.83. The van der Waals surface area contributed by atoms with Crippen LogP contribution in [0.3, 0.4) is 0 Å². The normalized spacial score (nSPS) is 10.2. The fourth-order valence-corrected chi connectivity index (χ4v) is 2.01. The number of carbonyl (C=O) groups is 1. The van der Waals surface area contributed by atoms with Gasteiger partial charge < -0.3 is 5.32 Å². The van der Waals surface area contributed by atoms with Crippen molar-refractivity contribution < 1.29 is 14.1 Å². The zero-order valence-corrected chi connectivity index (χ0v) is 11.8. The third-order valence-corrected chi connectivity index (χ3v) is 3.16. The van der Waals surface area contributed by atoms with Crippen molar-refractivity contribution in [1.29, 1.82) is 0 Å². The van der Waals surface area contributed by atoms with E-state index in [1.807, 2.05) is 0 Å². The molecule has 2 rings (SSSR count). The lowest BCUT2D eigenvalue weighted by Gasteiger charge is -2.05. The van der Waals surface area contributed by atoms with Gasteiger partial charge in [-0.3, -0.25) is 14.9 Å². The van der Waals surface area contributed by atoms with E-state index in [9.17, 15) is 19.3 Å². The first-order chi connectivity index (χ1) is 10.6. The molecule has 5 nitrogen and oxygen atoms in total. The molecule has 6 heteroatoms. The molecule has 0 atom stereocenters. The summed E-state index contributed by atoms with van der Waals surface area (Å²) in [5, 5.41) is 13.4. The van der Waals surface area contributed by atoms with Gasteiger partial charge in [-0.1, -0.05) is 18.2 Å². The summed E-state index contributed by atoms with van der Waals surface area (Å²) in [6.45, 7) is 0.443. The molecule has 0 saturated carbocycles. The fourth-order valence-electron chi connectivity index (χ4n) is 2.01. The Morgan fingerprint density at radius 2 is 1.91 bits per heavy atom. The SMILES string of the molecule is O=C(NCCCc1ccc(F)cc1)c1cccc([N+](=O)[O-])c1.